The van der Waals surface area contributed by atoms with Crippen LogP contribution in [0.1, 0.15) is 52.8 Å². The summed E-state index contributed by atoms with van der Waals surface area (Å²) in [4.78, 5) is 17.3. The van der Waals surface area contributed by atoms with Crippen LogP contribution in [-0.4, -0.2) is 43.5 Å². The molecular formula is C19H25N7O2S. The molecule has 2 unspecified atom stereocenters. The molecule has 0 spiro atoms. The molecular weight excluding hydrogens is 390 g/mol. The highest BCUT2D eigenvalue weighted by Crippen LogP contribution is 2.32. The van der Waals surface area contributed by atoms with E-state index in [-0.39, 0.29) is 18.1 Å². The maximum Gasteiger partial charge on any atom is 0.275 e. The Bertz CT molecular complexity index is 1020. The van der Waals surface area contributed by atoms with E-state index in [0.717, 1.165) is 41.9 Å². The monoisotopic (exact) mass is 415 g/mol. The molecule has 1 aliphatic rings. The van der Waals surface area contributed by atoms with Crippen molar-refractivity contribution < 1.29 is 9.53 Å². The number of nitrogens with two attached hydrogens (primary N) is 1. The Morgan fingerprint density at radius 2 is 2.21 bits per heavy atom. The van der Waals surface area contributed by atoms with Crippen molar-refractivity contribution in [3.63, 3.8) is 0 Å². The summed E-state index contributed by atoms with van der Waals surface area (Å²) >= 11 is 1.40. The van der Waals surface area contributed by atoms with E-state index in [4.69, 9.17) is 10.5 Å². The molecule has 2 atom stereocenters. The van der Waals surface area contributed by atoms with Crippen molar-refractivity contribution >= 4 is 22.9 Å². The quantitative estimate of drug-likeness (QED) is 0.602. The number of carbonyl (C=O) groups is 1. The number of anilines is 1. The van der Waals surface area contributed by atoms with Gasteiger partial charge in [-0.05, 0) is 33.1 Å². The van der Waals surface area contributed by atoms with E-state index < -0.39 is 0 Å². The molecule has 0 aliphatic carbocycles. The molecule has 4 N–H and O–H groups in total. The van der Waals surface area contributed by atoms with Crippen LogP contribution in [0.5, 0.6) is 0 Å². The van der Waals surface area contributed by atoms with Gasteiger partial charge in [0.15, 0.2) is 0 Å². The van der Waals surface area contributed by atoms with Crippen LogP contribution in [0.4, 0.5) is 5.69 Å². The first-order valence-corrected chi connectivity index (χ1v) is 10.5. The van der Waals surface area contributed by atoms with Crippen molar-refractivity contribution in [2.24, 2.45) is 12.8 Å². The third kappa shape index (κ3) is 3.96. The van der Waals surface area contributed by atoms with Crippen molar-refractivity contribution in [1.82, 2.24) is 25.0 Å². The van der Waals surface area contributed by atoms with Gasteiger partial charge in [-0.3, -0.25) is 14.6 Å². The lowest BCUT2D eigenvalue weighted by Crippen LogP contribution is -2.19. The number of H-pyrrole nitrogens is 1. The minimum atomic E-state index is -0.281. The van der Waals surface area contributed by atoms with Crippen LogP contribution in [0.15, 0.2) is 11.6 Å². The third-order valence-corrected chi connectivity index (χ3v) is 6.19. The van der Waals surface area contributed by atoms with E-state index in [2.05, 4.69) is 25.6 Å². The Balaban J connectivity index is 1.53. The fraction of sp³-hybridized carbons (Fsp3) is 0.474. The zero-order valence-corrected chi connectivity index (χ0v) is 17.5. The zero-order valence-electron chi connectivity index (χ0n) is 16.7. The Labute approximate surface area is 172 Å². The summed E-state index contributed by atoms with van der Waals surface area (Å²) in [6.45, 7) is 4.54. The van der Waals surface area contributed by atoms with Gasteiger partial charge in [0.1, 0.15) is 22.5 Å². The Morgan fingerprint density at radius 1 is 1.38 bits per heavy atom. The van der Waals surface area contributed by atoms with Crippen LogP contribution in [0, 0.1) is 13.8 Å². The number of amides is 1. The Hall–Kier alpha value is -2.56. The van der Waals surface area contributed by atoms with Gasteiger partial charge in [-0.1, -0.05) is 0 Å². The number of carbonyl (C=O) groups excluding carboxylic acids is 1. The molecule has 9 nitrogen and oxygen atoms in total. The van der Waals surface area contributed by atoms with E-state index in [1.807, 2.05) is 20.9 Å². The SMILES string of the molecule is Cc1[nH]nc(-c2nc(C(=O)Nc3cnn(C)c3C3CCC(N)CCO3)cs2)c1C. The second kappa shape index (κ2) is 8.05. The number of hydrogen-bond donors (Lipinski definition) is 3. The number of nitrogens with one attached hydrogen (secondary N) is 2. The van der Waals surface area contributed by atoms with Gasteiger partial charge in [-0.25, -0.2) is 4.98 Å². The molecule has 3 aromatic rings. The van der Waals surface area contributed by atoms with Crippen LogP contribution in [0.25, 0.3) is 10.7 Å². The first-order chi connectivity index (χ1) is 13.9. The van der Waals surface area contributed by atoms with Gasteiger partial charge in [0, 0.05) is 36.3 Å². The van der Waals surface area contributed by atoms with Crippen LogP contribution >= 0.6 is 11.3 Å². The van der Waals surface area contributed by atoms with Gasteiger partial charge in [-0.15, -0.1) is 11.3 Å². The molecule has 4 heterocycles. The van der Waals surface area contributed by atoms with Gasteiger partial charge in [0.25, 0.3) is 5.91 Å². The fourth-order valence-corrected chi connectivity index (χ4v) is 4.31. The first kappa shape index (κ1) is 19.7. The van der Waals surface area contributed by atoms with E-state index in [1.165, 1.54) is 11.3 Å². The topological polar surface area (TPSA) is 124 Å². The summed E-state index contributed by atoms with van der Waals surface area (Å²) in [5, 5.41) is 16.9. The van der Waals surface area contributed by atoms with Gasteiger partial charge in [0.05, 0.1) is 17.6 Å². The van der Waals surface area contributed by atoms with Crippen molar-refractivity contribution in [3.05, 3.63) is 34.2 Å². The molecule has 29 heavy (non-hydrogen) atoms. The lowest BCUT2D eigenvalue weighted by molar-refractivity contribution is 0.0529. The second-order valence-corrected chi connectivity index (χ2v) is 8.22. The summed E-state index contributed by atoms with van der Waals surface area (Å²) in [6, 6.07) is 0.147. The Kier molecular flexibility index (Phi) is 5.48. The molecule has 1 fully saturated rings. The van der Waals surface area contributed by atoms with Crippen molar-refractivity contribution in [2.45, 2.75) is 45.3 Å². The largest absolute Gasteiger partial charge is 0.372 e. The number of thiazole rings is 1. The molecule has 1 aliphatic heterocycles. The average Bonchev–Trinajstić information content (AvgIpc) is 3.35. The molecule has 1 amide bonds. The number of nitrogens with zero attached hydrogens (tertiary/aromatic N) is 4. The molecule has 1 saturated heterocycles. The molecule has 10 heteroatoms. The van der Waals surface area contributed by atoms with Crippen LogP contribution in [0.3, 0.4) is 0 Å². The van der Waals surface area contributed by atoms with Crippen LogP contribution in [-0.2, 0) is 11.8 Å². The maximum absolute atomic E-state index is 12.8. The third-order valence-electron chi connectivity index (χ3n) is 5.34. The van der Waals surface area contributed by atoms with E-state index in [0.29, 0.717) is 23.0 Å². The average molecular weight is 416 g/mol. The fourth-order valence-electron chi connectivity index (χ4n) is 3.46. The van der Waals surface area contributed by atoms with Crippen LogP contribution < -0.4 is 11.1 Å². The number of hydrogen-bond acceptors (Lipinski definition) is 7. The highest BCUT2D eigenvalue weighted by atomic mass is 32.1. The summed E-state index contributed by atoms with van der Waals surface area (Å²) in [5.74, 6) is -0.281. The zero-order chi connectivity index (χ0) is 20.5. The summed E-state index contributed by atoms with van der Waals surface area (Å²) in [5.41, 5.74) is 10.7. The van der Waals surface area contributed by atoms with E-state index >= 15 is 0 Å². The lowest BCUT2D eigenvalue weighted by Gasteiger charge is -2.17. The highest BCUT2D eigenvalue weighted by molar-refractivity contribution is 7.13. The molecule has 4 rings (SSSR count). The van der Waals surface area contributed by atoms with Crippen molar-refractivity contribution in [3.8, 4) is 10.7 Å². The number of ether oxygens (including phenoxy) is 1. The van der Waals surface area contributed by atoms with Crippen LogP contribution in [0.2, 0.25) is 0 Å². The summed E-state index contributed by atoms with van der Waals surface area (Å²) in [7, 11) is 1.85. The number of rotatable bonds is 4. The minimum absolute atomic E-state index is 0.146. The maximum atomic E-state index is 12.8. The van der Waals surface area contributed by atoms with Gasteiger partial charge >= 0.3 is 0 Å². The smallest absolute Gasteiger partial charge is 0.275 e. The summed E-state index contributed by atoms with van der Waals surface area (Å²) in [6.07, 6.45) is 4.01. The van der Waals surface area contributed by atoms with E-state index in [1.54, 1.807) is 16.3 Å². The highest BCUT2D eigenvalue weighted by Gasteiger charge is 2.26. The Morgan fingerprint density at radius 3 is 2.97 bits per heavy atom. The second-order valence-electron chi connectivity index (χ2n) is 7.37. The molecule has 3 aromatic heterocycles. The standard InChI is InChI=1S/C19H25N7O2S/c1-10-11(2)24-25-16(10)19-23-14(9-29-19)18(27)22-13-8-21-26(3)17(13)15-5-4-12(20)6-7-28-15/h8-9,12,15H,4-7,20H2,1-3H3,(H,22,27)(H,24,25). The normalized spacial score (nSPS) is 19.9. The van der Waals surface area contributed by atoms with Gasteiger partial charge < -0.3 is 15.8 Å². The molecule has 0 radical (unpaired) electrons. The van der Waals surface area contributed by atoms with Gasteiger partial charge in [0.2, 0.25) is 0 Å². The molecule has 154 valence electrons. The van der Waals surface area contributed by atoms with E-state index in [9.17, 15) is 4.79 Å². The number of aromatic amines is 1. The predicted octanol–water partition coefficient (Wildman–Crippen LogP) is 2.70. The molecule has 0 aromatic carbocycles. The number of aromatic nitrogens is 5. The van der Waals surface area contributed by atoms with Crippen molar-refractivity contribution in [1.29, 1.82) is 0 Å². The lowest BCUT2D eigenvalue weighted by atomic mass is 10.1. The number of aryl methyl sites for hydroxylation is 2. The summed E-state index contributed by atoms with van der Waals surface area (Å²) < 4.78 is 7.74. The minimum Gasteiger partial charge on any atom is -0.372 e. The van der Waals surface area contributed by atoms with Gasteiger partial charge in [-0.2, -0.15) is 10.2 Å². The van der Waals surface area contributed by atoms with Crippen molar-refractivity contribution in [2.75, 3.05) is 11.9 Å². The molecule has 0 saturated carbocycles. The molecule has 0 bridgehead atoms. The predicted molar refractivity (Wildman–Crippen MR) is 111 cm³/mol. The first-order valence-electron chi connectivity index (χ1n) is 9.62.